The Morgan fingerprint density at radius 2 is 2.19 bits per heavy atom. The van der Waals surface area contributed by atoms with Gasteiger partial charge in [0.25, 0.3) is 0 Å². The number of rotatable bonds is 2. The fourth-order valence-corrected chi connectivity index (χ4v) is 2.18. The Kier molecular flexibility index (Phi) is 2.72. The van der Waals surface area contributed by atoms with E-state index < -0.39 is 6.10 Å². The van der Waals surface area contributed by atoms with Gasteiger partial charge in [-0.05, 0) is 25.8 Å². The molecule has 0 saturated carbocycles. The van der Waals surface area contributed by atoms with Crippen molar-refractivity contribution in [3.05, 3.63) is 28.8 Å². The summed E-state index contributed by atoms with van der Waals surface area (Å²) in [4.78, 5) is 11.6. The molecule has 0 fully saturated rings. The molecule has 1 heterocycles. The van der Waals surface area contributed by atoms with Crippen LogP contribution in [0.2, 0.25) is 0 Å². The summed E-state index contributed by atoms with van der Waals surface area (Å²) >= 11 is 0. The lowest BCUT2D eigenvalue weighted by atomic mass is 9.95. The van der Waals surface area contributed by atoms with Crippen LogP contribution < -0.4 is 5.32 Å². The van der Waals surface area contributed by atoms with Gasteiger partial charge in [0, 0.05) is 5.56 Å². The van der Waals surface area contributed by atoms with Crippen LogP contribution in [-0.4, -0.2) is 11.0 Å². The number of carbonyl (C=O) groups is 1. The van der Waals surface area contributed by atoms with Crippen LogP contribution in [0.5, 0.6) is 0 Å². The van der Waals surface area contributed by atoms with Crippen LogP contribution in [0.3, 0.4) is 0 Å². The highest BCUT2D eigenvalue weighted by Gasteiger charge is 2.30. The van der Waals surface area contributed by atoms with Gasteiger partial charge in [0.2, 0.25) is 5.91 Å². The molecule has 3 heteroatoms. The Labute approximate surface area is 95.5 Å². The van der Waals surface area contributed by atoms with Gasteiger partial charge < -0.3 is 10.4 Å². The number of fused-ring (bicyclic) bond motifs is 1. The van der Waals surface area contributed by atoms with E-state index in [4.69, 9.17) is 0 Å². The van der Waals surface area contributed by atoms with Crippen molar-refractivity contribution in [2.75, 3.05) is 5.32 Å². The molecule has 16 heavy (non-hydrogen) atoms. The average molecular weight is 219 g/mol. The van der Waals surface area contributed by atoms with Crippen molar-refractivity contribution in [3.63, 3.8) is 0 Å². The van der Waals surface area contributed by atoms with E-state index in [1.165, 1.54) is 0 Å². The predicted molar refractivity (Wildman–Crippen MR) is 63.5 cm³/mol. The summed E-state index contributed by atoms with van der Waals surface area (Å²) in [6.07, 6.45) is 0.152. The molecule has 1 aromatic rings. The van der Waals surface area contributed by atoms with Crippen LogP contribution in [0, 0.1) is 6.92 Å². The van der Waals surface area contributed by atoms with Gasteiger partial charge in [-0.1, -0.05) is 24.6 Å². The van der Waals surface area contributed by atoms with Crippen LogP contribution in [0.1, 0.15) is 49.0 Å². The maximum Gasteiger partial charge on any atom is 0.231 e. The summed E-state index contributed by atoms with van der Waals surface area (Å²) in [5.41, 5.74) is 3.75. The molecule has 1 aliphatic rings. The monoisotopic (exact) mass is 219 g/mol. The molecule has 0 aromatic heterocycles. The van der Waals surface area contributed by atoms with Crippen molar-refractivity contribution in [1.29, 1.82) is 0 Å². The SMILES string of the molecule is CCC(O)c1cc(C)cc2c1NC(=O)C2C. The van der Waals surface area contributed by atoms with Crippen molar-refractivity contribution in [2.24, 2.45) is 0 Å². The molecule has 0 aliphatic carbocycles. The lowest BCUT2D eigenvalue weighted by Crippen LogP contribution is -2.09. The second kappa shape index (κ2) is 3.91. The summed E-state index contributed by atoms with van der Waals surface area (Å²) in [6, 6.07) is 3.97. The van der Waals surface area contributed by atoms with Crippen molar-refractivity contribution < 1.29 is 9.90 Å². The molecule has 1 amide bonds. The third kappa shape index (κ3) is 1.61. The number of aryl methyl sites for hydroxylation is 1. The Balaban J connectivity index is 2.57. The summed E-state index contributed by atoms with van der Waals surface area (Å²) in [5, 5.41) is 12.8. The minimum atomic E-state index is -0.501. The van der Waals surface area contributed by atoms with E-state index in [-0.39, 0.29) is 11.8 Å². The van der Waals surface area contributed by atoms with E-state index in [0.29, 0.717) is 6.42 Å². The van der Waals surface area contributed by atoms with Crippen LogP contribution in [0.4, 0.5) is 5.69 Å². The molecular weight excluding hydrogens is 202 g/mol. The number of anilines is 1. The molecule has 2 unspecified atom stereocenters. The highest BCUT2D eigenvalue weighted by molar-refractivity contribution is 6.03. The molecule has 0 spiro atoms. The minimum absolute atomic E-state index is 0.0187. The number of aliphatic hydroxyl groups is 1. The van der Waals surface area contributed by atoms with E-state index in [1.807, 2.05) is 32.9 Å². The van der Waals surface area contributed by atoms with Gasteiger partial charge >= 0.3 is 0 Å². The summed E-state index contributed by atoms with van der Waals surface area (Å²) in [7, 11) is 0. The van der Waals surface area contributed by atoms with Crippen LogP contribution in [0.15, 0.2) is 12.1 Å². The van der Waals surface area contributed by atoms with Gasteiger partial charge in [-0.2, -0.15) is 0 Å². The lowest BCUT2D eigenvalue weighted by Gasteiger charge is -2.14. The number of amides is 1. The van der Waals surface area contributed by atoms with Crippen molar-refractivity contribution in [3.8, 4) is 0 Å². The normalized spacial score (nSPS) is 20.5. The zero-order valence-corrected chi connectivity index (χ0v) is 9.87. The molecule has 2 N–H and O–H groups in total. The van der Waals surface area contributed by atoms with Crippen molar-refractivity contribution in [1.82, 2.24) is 0 Å². The Morgan fingerprint density at radius 1 is 1.50 bits per heavy atom. The number of aliphatic hydroxyl groups excluding tert-OH is 1. The number of hydrogen-bond donors (Lipinski definition) is 2. The van der Waals surface area contributed by atoms with E-state index in [1.54, 1.807) is 0 Å². The molecule has 86 valence electrons. The number of nitrogens with one attached hydrogen (secondary N) is 1. The molecule has 0 radical (unpaired) electrons. The second-order valence-corrected chi connectivity index (χ2v) is 4.45. The van der Waals surface area contributed by atoms with E-state index in [0.717, 1.165) is 22.4 Å². The highest BCUT2D eigenvalue weighted by atomic mass is 16.3. The first-order valence-corrected chi connectivity index (χ1v) is 5.68. The van der Waals surface area contributed by atoms with Crippen LogP contribution in [0.25, 0.3) is 0 Å². The average Bonchev–Trinajstić information content (AvgIpc) is 2.54. The number of carbonyl (C=O) groups excluding carboxylic acids is 1. The Bertz CT molecular complexity index is 440. The first kappa shape index (κ1) is 11.1. The molecule has 0 bridgehead atoms. The quantitative estimate of drug-likeness (QED) is 0.802. The summed E-state index contributed by atoms with van der Waals surface area (Å²) in [5.74, 6) is -0.0946. The van der Waals surface area contributed by atoms with Gasteiger partial charge in [0.15, 0.2) is 0 Å². The third-order valence-corrected chi connectivity index (χ3v) is 3.20. The van der Waals surface area contributed by atoms with E-state index in [9.17, 15) is 9.90 Å². The van der Waals surface area contributed by atoms with Gasteiger partial charge in [0.05, 0.1) is 17.7 Å². The molecule has 1 aliphatic heterocycles. The zero-order valence-electron chi connectivity index (χ0n) is 9.87. The van der Waals surface area contributed by atoms with Crippen molar-refractivity contribution in [2.45, 2.75) is 39.2 Å². The number of benzene rings is 1. The molecule has 0 saturated heterocycles. The van der Waals surface area contributed by atoms with Crippen LogP contribution in [-0.2, 0) is 4.79 Å². The molecule has 1 aromatic carbocycles. The maximum atomic E-state index is 11.6. The largest absolute Gasteiger partial charge is 0.388 e. The summed E-state index contributed by atoms with van der Waals surface area (Å²) < 4.78 is 0. The van der Waals surface area contributed by atoms with Gasteiger partial charge in [-0.15, -0.1) is 0 Å². The fourth-order valence-electron chi connectivity index (χ4n) is 2.18. The smallest absolute Gasteiger partial charge is 0.231 e. The molecular formula is C13H17NO2. The van der Waals surface area contributed by atoms with Gasteiger partial charge in [-0.3, -0.25) is 4.79 Å². The fraction of sp³-hybridized carbons (Fsp3) is 0.462. The van der Waals surface area contributed by atoms with E-state index >= 15 is 0 Å². The van der Waals surface area contributed by atoms with Gasteiger partial charge in [-0.25, -0.2) is 0 Å². The second-order valence-electron chi connectivity index (χ2n) is 4.45. The van der Waals surface area contributed by atoms with E-state index in [2.05, 4.69) is 5.32 Å². The van der Waals surface area contributed by atoms with Crippen molar-refractivity contribution >= 4 is 11.6 Å². The third-order valence-electron chi connectivity index (χ3n) is 3.20. The predicted octanol–water partition coefficient (Wildman–Crippen LogP) is 2.49. The topological polar surface area (TPSA) is 49.3 Å². The molecule has 2 atom stereocenters. The zero-order chi connectivity index (χ0) is 11.9. The Morgan fingerprint density at radius 3 is 2.81 bits per heavy atom. The lowest BCUT2D eigenvalue weighted by molar-refractivity contribution is -0.116. The summed E-state index contributed by atoms with van der Waals surface area (Å²) in [6.45, 7) is 5.81. The number of hydrogen-bond acceptors (Lipinski definition) is 2. The van der Waals surface area contributed by atoms with Gasteiger partial charge in [0.1, 0.15) is 0 Å². The minimum Gasteiger partial charge on any atom is -0.388 e. The highest BCUT2D eigenvalue weighted by Crippen LogP contribution is 2.39. The molecule has 2 rings (SSSR count). The first-order chi connectivity index (χ1) is 7.54. The standard InChI is InChI=1S/C13H17NO2/c1-4-11(15)10-6-7(2)5-9-8(3)13(16)14-12(9)10/h5-6,8,11,15H,4H2,1-3H3,(H,14,16). The van der Waals surface area contributed by atoms with Crippen LogP contribution >= 0.6 is 0 Å². The molecule has 3 nitrogen and oxygen atoms in total. The first-order valence-electron chi connectivity index (χ1n) is 5.68. The maximum absolute atomic E-state index is 11.6. The Hall–Kier alpha value is -1.35.